The van der Waals surface area contributed by atoms with Crippen molar-refractivity contribution in [2.75, 3.05) is 11.4 Å². The summed E-state index contributed by atoms with van der Waals surface area (Å²) in [5.74, 6) is 1.90. The van der Waals surface area contributed by atoms with Crippen molar-refractivity contribution in [1.29, 1.82) is 0 Å². The number of nitrogens with one attached hydrogen (secondary N) is 1. The summed E-state index contributed by atoms with van der Waals surface area (Å²) in [4.78, 5) is 30.3. The molecule has 2 aromatic heterocycles. The third kappa shape index (κ3) is 3.36. The molecule has 9 heteroatoms. The van der Waals surface area contributed by atoms with Crippen LogP contribution in [0.25, 0.3) is 10.9 Å². The van der Waals surface area contributed by atoms with E-state index in [1.165, 1.54) is 6.07 Å². The Morgan fingerprint density at radius 1 is 1.09 bits per heavy atom. The number of hydrogen-bond donors (Lipinski definition) is 1. The fraction of sp³-hybridized carbons (Fsp3) is 0.261. The number of aromatic amines is 1. The summed E-state index contributed by atoms with van der Waals surface area (Å²) < 4.78 is 0. The zero-order valence-corrected chi connectivity index (χ0v) is 18.6. The smallest absolute Gasteiger partial charge is 0.294 e. The van der Waals surface area contributed by atoms with Gasteiger partial charge in [-0.1, -0.05) is 41.4 Å². The molecule has 0 amide bonds. The van der Waals surface area contributed by atoms with Crippen LogP contribution in [0.5, 0.6) is 0 Å². The van der Waals surface area contributed by atoms with Crippen LogP contribution >= 0.6 is 11.6 Å². The molecule has 0 saturated carbocycles. The molecule has 2 aromatic carbocycles. The van der Waals surface area contributed by atoms with Crippen molar-refractivity contribution in [3.05, 3.63) is 85.6 Å². The van der Waals surface area contributed by atoms with Crippen molar-refractivity contribution < 1.29 is 4.92 Å². The van der Waals surface area contributed by atoms with Gasteiger partial charge in [0.25, 0.3) is 5.69 Å². The van der Waals surface area contributed by atoms with Gasteiger partial charge in [-0.05, 0) is 44.4 Å². The first kappa shape index (κ1) is 20.4. The van der Waals surface area contributed by atoms with E-state index in [4.69, 9.17) is 11.6 Å². The second-order valence-electron chi connectivity index (χ2n) is 8.11. The molecule has 0 spiro atoms. The van der Waals surface area contributed by atoms with Gasteiger partial charge in [-0.3, -0.25) is 10.1 Å². The number of nitro groups is 1. The highest BCUT2D eigenvalue weighted by Gasteiger charge is 2.35. The van der Waals surface area contributed by atoms with E-state index < -0.39 is 4.92 Å². The first-order valence-corrected chi connectivity index (χ1v) is 10.7. The SMILES string of the molecule is Cc1ccc(C2c3[nH]c4c([N+](=O)[O-])cc(Cl)cc4c3CCN2c2nc(C)nc(C)n2)cc1. The monoisotopic (exact) mass is 448 g/mol. The Morgan fingerprint density at radius 2 is 1.78 bits per heavy atom. The van der Waals surface area contributed by atoms with E-state index >= 15 is 0 Å². The van der Waals surface area contributed by atoms with Gasteiger partial charge in [0, 0.05) is 28.7 Å². The molecule has 1 aliphatic heterocycles. The average molecular weight is 449 g/mol. The third-order valence-corrected chi connectivity index (χ3v) is 6.09. The Morgan fingerprint density at radius 3 is 2.44 bits per heavy atom. The summed E-state index contributed by atoms with van der Waals surface area (Å²) in [5.41, 5.74) is 4.61. The number of nitro benzene ring substituents is 1. The molecule has 32 heavy (non-hydrogen) atoms. The first-order chi connectivity index (χ1) is 15.3. The summed E-state index contributed by atoms with van der Waals surface area (Å²) in [6, 6.07) is 11.3. The molecule has 1 atom stereocenters. The normalized spacial score (nSPS) is 15.8. The van der Waals surface area contributed by atoms with Crippen LogP contribution in [0.3, 0.4) is 0 Å². The van der Waals surface area contributed by atoms with Crippen molar-refractivity contribution in [2.45, 2.75) is 33.2 Å². The topological polar surface area (TPSA) is 101 Å². The number of rotatable bonds is 3. The van der Waals surface area contributed by atoms with E-state index in [0.717, 1.165) is 27.8 Å². The molecule has 4 aromatic rings. The molecule has 0 aliphatic carbocycles. The predicted octanol–water partition coefficient (Wildman–Crippen LogP) is 4.99. The maximum Gasteiger partial charge on any atom is 0.294 e. The second-order valence-corrected chi connectivity index (χ2v) is 8.54. The quantitative estimate of drug-likeness (QED) is 0.350. The summed E-state index contributed by atoms with van der Waals surface area (Å²) in [7, 11) is 0. The zero-order valence-electron chi connectivity index (χ0n) is 17.9. The fourth-order valence-corrected chi connectivity index (χ4v) is 4.73. The highest BCUT2D eigenvalue weighted by Crippen LogP contribution is 2.42. The van der Waals surface area contributed by atoms with Crippen LogP contribution < -0.4 is 4.90 Å². The van der Waals surface area contributed by atoms with E-state index in [1.54, 1.807) is 6.07 Å². The molecule has 3 heterocycles. The number of benzene rings is 2. The Bertz CT molecular complexity index is 1350. The minimum Gasteiger partial charge on any atom is -0.351 e. The lowest BCUT2D eigenvalue weighted by atomic mass is 9.92. The Kier molecular flexibility index (Phi) is 4.82. The summed E-state index contributed by atoms with van der Waals surface area (Å²) in [6.07, 6.45) is 0.680. The van der Waals surface area contributed by atoms with E-state index in [1.807, 2.05) is 20.8 Å². The Labute approximate surface area is 189 Å². The van der Waals surface area contributed by atoms with Gasteiger partial charge in [-0.25, -0.2) is 4.98 Å². The first-order valence-electron chi connectivity index (χ1n) is 10.3. The van der Waals surface area contributed by atoms with Crippen molar-refractivity contribution in [3.8, 4) is 0 Å². The van der Waals surface area contributed by atoms with Crippen LogP contribution in [0.4, 0.5) is 11.6 Å². The van der Waals surface area contributed by atoms with Crippen LogP contribution in [0.2, 0.25) is 5.02 Å². The highest BCUT2D eigenvalue weighted by atomic mass is 35.5. The summed E-state index contributed by atoms with van der Waals surface area (Å²) >= 11 is 6.24. The molecule has 1 aliphatic rings. The molecule has 0 saturated heterocycles. The minimum absolute atomic E-state index is 0.0250. The number of fused-ring (bicyclic) bond motifs is 3. The lowest BCUT2D eigenvalue weighted by molar-refractivity contribution is -0.383. The molecule has 0 radical (unpaired) electrons. The third-order valence-electron chi connectivity index (χ3n) is 5.87. The fourth-order valence-electron chi connectivity index (χ4n) is 4.52. The molecule has 5 rings (SSSR count). The van der Waals surface area contributed by atoms with Gasteiger partial charge >= 0.3 is 0 Å². The second kappa shape index (κ2) is 7.56. The van der Waals surface area contributed by atoms with Gasteiger partial charge in [-0.15, -0.1) is 0 Å². The molecule has 8 nitrogen and oxygen atoms in total. The summed E-state index contributed by atoms with van der Waals surface area (Å²) in [5, 5.41) is 12.9. The maximum absolute atomic E-state index is 11.7. The van der Waals surface area contributed by atoms with Crippen molar-refractivity contribution in [2.24, 2.45) is 0 Å². The van der Waals surface area contributed by atoms with Gasteiger partial charge in [-0.2, -0.15) is 9.97 Å². The maximum atomic E-state index is 11.7. The molecule has 162 valence electrons. The lowest BCUT2D eigenvalue weighted by Gasteiger charge is -2.36. The van der Waals surface area contributed by atoms with Gasteiger partial charge < -0.3 is 9.88 Å². The molecule has 0 fully saturated rings. The summed E-state index contributed by atoms with van der Waals surface area (Å²) in [6.45, 7) is 6.40. The van der Waals surface area contributed by atoms with Crippen molar-refractivity contribution >= 4 is 34.1 Å². The number of H-pyrrole nitrogens is 1. The molecule has 1 unspecified atom stereocenters. The van der Waals surface area contributed by atoms with Gasteiger partial charge in [0.05, 0.1) is 11.0 Å². The number of aromatic nitrogens is 4. The average Bonchev–Trinajstić information content (AvgIpc) is 3.11. The minimum atomic E-state index is -0.395. The van der Waals surface area contributed by atoms with Crippen LogP contribution in [-0.2, 0) is 6.42 Å². The van der Waals surface area contributed by atoms with Crippen LogP contribution in [0, 0.1) is 30.9 Å². The number of halogens is 1. The van der Waals surface area contributed by atoms with E-state index in [0.29, 0.717) is 41.1 Å². The van der Waals surface area contributed by atoms with Crippen LogP contribution in [0.1, 0.15) is 40.1 Å². The molecular formula is C23H21ClN6O2. The largest absolute Gasteiger partial charge is 0.351 e. The van der Waals surface area contributed by atoms with E-state index in [2.05, 4.69) is 49.1 Å². The number of nitrogens with zero attached hydrogens (tertiary/aromatic N) is 5. The van der Waals surface area contributed by atoms with Crippen molar-refractivity contribution in [1.82, 2.24) is 19.9 Å². The Balaban J connectivity index is 1.76. The van der Waals surface area contributed by atoms with Gasteiger partial charge in [0.2, 0.25) is 5.95 Å². The lowest BCUT2D eigenvalue weighted by Crippen LogP contribution is -2.37. The van der Waals surface area contributed by atoms with Crippen LogP contribution in [0.15, 0.2) is 36.4 Å². The van der Waals surface area contributed by atoms with E-state index in [9.17, 15) is 10.1 Å². The number of anilines is 1. The molecule has 0 bridgehead atoms. The van der Waals surface area contributed by atoms with E-state index in [-0.39, 0.29) is 11.7 Å². The van der Waals surface area contributed by atoms with Crippen molar-refractivity contribution in [3.63, 3.8) is 0 Å². The predicted molar refractivity (Wildman–Crippen MR) is 123 cm³/mol. The van der Waals surface area contributed by atoms with Crippen LogP contribution in [-0.4, -0.2) is 31.4 Å². The highest BCUT2D eigenvalue weighted by molar-refractivity contribution is 6.31. The number of hydrogen-bond acceptors (Lipinski definition) is 6. The zero-order chi connectivity index (χ0) is 22.6. The van der Waals surface area contributed by atoms with Gasteiger partial charge in [0.1, 0.15) is 17.2 Å². The Hall–Kier alpha value is -3.52. The standard InChI is InChI=1S/C23H21ClN6O2/c1-12-4-6-15(7-5-12)22-21-17(8-9-29(22)23-26-13(2)25-14(3)27-23)18-10-16(24)11-19(30(31)32)20(18)28-21/h4-7,10-11,22,28H,8-9H2,1-3H3. The molecule has 1 N–H and O–H groups in total. The number of non-ortho nitro benzene ring substituents is 1. The van der Waals surface area contributed by atoms with Gasteiger partial charge in [0.15, 0.2) is 0 Å². The number of aryl methyl sites for hydroxylation is 3. The molecular weight excluding hydrogens is 428 g/mol.